The highest BCUT2D eigenvalue weighted by molar-refractivity contribution is 6.42. The number of hydrogen-bond acceptors (Lipinski definition) is 3. The first-order valence-corrected chi connectivity index (χ1v) is 7.56. The van der Waals surface area contributed by atoms with Crippen LogP contribution in [0.4, 0.5) is 0 Å². The van der Waals surface area contributed by atoms with E-state index in [0.29, 0.717) is 10.0 Å². The molecule has 1 N–H and O–H groups in total. The van der Waals surface area contributed by atoms with Crippen molar-refractivity contribution < 1.29 is 4.90 Å². The molecule has 1 aromatic carbocycles. The first-order chi connectivity index (χ1) is 9.74. The number of hydrogen-bond donors (Lipinski definition) is 1. The zero-order valence-corrected chi connectivity index (χ0v) is 12.5. The molecular formula is C13H16Cl2N5+. The highest BCUT2D eigenvalue weighted by atomic mass is 35.5. The maximum atomic E-state index is 6.06. The van der Waals surface area contributed by atoms with E-state index in [1.54, 1.807) is 16.8 Å². The lowest BCUT2D eigenvalue weighted by Gasteiger charge is -2.22. The van der Waals surface area contributed by atoms with Crippen molar-refractivity contribution in [1.29, 1.82) is 0 Å². The van der Waals surface area contributed by atoms with Gasteiger partial charge < -0.3 is 4.90 Å². The molecule has 1 aromatic heterocycles. The third-order valence-corrected chi connectivity index (χ3v) is 4.39. The zero-order chi connectivity index (χ0) is 13.9. The van der Waals surface area contributed by atoms with E-state index in [4.69, 9.17) is 23.2 Å². The van der Waals surface area contributed by atoms with Gasteiger partial charge in [-0.3, -0.25) is 0 Å². The molecule has 1 aliphatic rings. The van der Waals surface area contributed by atoms with E-state index < -0.39 is 0 Å². The second-order valence-electron chi connectivity index (χ2n) is 5.09. The smallest absolute Gasteiger partial charge is 0.210 e. The summed E-state index contributed by atoms with van der Waals surface area (Å²) in [5.74, 6) is 0.861. The van der Waals surface area contributed by atoms with Crippen molar-refractivity contribution in [3.05, 3.63) is 34.1 Å². The van der Waals surface area contributed by atoms with Crippen molar-refractivity contribution in [3.8, 4) is 5.69 Å². The quantitative estimate of drug-likeness (QED) is 0.935. The molecule has 2 heterocycles. The molecule has 7 heteroatoms. The minimum absolute atomic E-state index is 0.510. The van der Waals surface area contributed by atoms with Crippen LogP contribution in [-0.2, 0) is 6.54 Å². The van der Waals surface area contributed by atoms with Gasteiger partial charge in [0.25, 0.3) is 0 Å². The number of likely N-dealkylation sites (tertiary alicyclic amines) is 1. The van der Waals surface area contributed by atoms with Gasteiger partial charge in [0.1, 0.15) is 6.54 Å². The summed E-state index contributed by atoms with van der Waals surface area (Å²) in [7, 11) is 0. The number of quaternary nitrogens is 1. The number of halogens is 2. The van der Waals surface area contributed by atoms with Crippen LogP contribution in [0, 0.1) is 0 Å². The fourth-order valence-corrected chi connectivity index (χ4v) is 2.88. The lowest BCUT2D eigenvalue weighted by atomic mass is 10.1. The van der Waals surface area contributed by atoms with Crippen LogP contribution in [0.3, 0.4) is 0 Å². The van der Waals surface area contributed by atoms with E-state index in [2.05, 4.69) is 15.5 Å². The van der Waals surface area contributed by atoms with Gasteiger partial charge in [-0.25, -0.2) is 0 Å². The largest absolute Gasteiger partial charge is 0.329 e. The lowest BCUT2D eigenvalue weighted by molar-refractivity contribution is -0.919. The topological polar surface area (TPSA) is 48.0 Å². The zero-order valence-electron chi connectivity index (χ0n) is 11.0. The molecular weight excluding hydrogens is 297 g/mol. The van der Waals surface area contributed by atoms with E-state index in [1.807, 2.05) is 6.07 Å². The average molecular weight is 313 g/mol. The Kier molecular flexibility index (Phi) is 4.19. The Morgan fingerprint density at radius 1 is 1.10 bits per heavy atom. The van der Waals surface area contributed by atoms with Gasteiger partial charge in [0.15, 0.2) is 0 Å². The van der Waals surface area contributed by atoms with Gasteiger partial charge in [-0.1, -0.05) is 23.2 Å². The van der Waals surface area contributed by atoms with E-state index in [0.717, 1.165) is 18.1 Å². The second-order valence-corrected chi connectivity index (χ2v) is 5.91. The number of nitrogens with zero attached hydrogens (tertiary/aromatic N) is 4. The molecule has 1 aliphatic heterocycles. The Morgan fingerprint density at radius 3 is 2.65 bits per heavy atom. The van der Waals surface area contributed by atoms with Gasteiger partial charge >= 0.3 is 0 Å². The molecule has 0 unspecified atom stereocenters. The summed E-state index contributed by atoms with van der Waals surface area (Å²) in [6.45, 7) is 3.22. The number of benzene rings is 1. The van der Waals surface area contributed by atoms with E-state index in [-0.39, 0.29) is 0 Å². The van der Waals surface area contributed by atoms with Crippen LogP contribution in [0.1, 0.15) is 25.1 Å². The molecule has 0 amide bonds. The summed E-state index contributed by atoms with van der Waals surface area (Å²) >= 11 is 12.0. The van der Waals surface area contributed by atoms with Gasteiger partial charge in [0.2, 0.25) is 5.82 Å². The molecule has 3 rings (SSSR count). The Balaban J connectivity index is 1.83. The first kappa shape index (κ1) is 13.8. The molecule has 2 aromatic rings. The lowest BCUT2D eigenvalue weighted by Crippen LogP contribution is -3.11. The SMILES string of the molecule is Clc1ccc(-n2nnnc2C[NH+]2CCCCC2)cc1Cl. The van der Waals surface area contributed by atoms with E-state index in [1.165, 1.54) is 37.3 Å². The summed E-state index contributed by atoms with van der Waals surface area (Å²) < 4.78 is 1.74. The summed E-state index contributed by atoms with van der Waals surface area (Å²) in [4.78, 5) is 1.53. The highest BCUT2D eigenvalue weighted by Gasteiger charge is 2.19. The van der Waals surface area contributed by atoms with Crippen LogP contribution in [-0.4, -0.2) is 33.3 Å². The van der Waals surface area contributed by atoms with Gasteiger partial charge in [0.05, 0.1) is 28.8 Å². The minimum Gasteiger partial charge on any atom is -0.329 e. The van der Waals surface area contributed by atoms with Gasteiger partial charge in [0, 0.05) is 0 Å². The predicted molar refractivity (Wildman–Crippen MR) is 77.4 cm³/mol. The van der Waals surface area contributed by atoms with E-state index >= 15 is 0 Å². The molecule has 0 radical (unpaired) electrons. The Bertz CT molecular complexity index is 592. The molecule has 1 fully saturated rings. The van der Waals surface area contributed by atoms with Crippen LogP contribution in [0.5, 0.6) is 0 Å². The summed E-state index contributed by atoms with van der Waals surface area (Å²) in [6.07, 6.45) is 3.90. The molecule has 0 saturated carbocycles. The predicted octanol–water partition coefficient (Wildman–Crippen LogP) is 1.54. The van der Waals surface area contributed by atoms with Crippen LogP contribution in [0.2, 0.25) is 10.0 Å². The molecule has 1 saturated heterocycles. The number of piperidine rings is 1. The standard InChI is InChI=1S/C13H15Cl2N5/c14-11-5-4-10(8-12(11)15)20-13(16-17-18-20)9-19-6-2-1-3-7-19/h4-5,8H,1-3,6-7,9H2/p+1. The van der Waals surface area contributed by atoms with Crippen LogP contribution < -0.4 is 4.90 Å². The van der Waals surface area contributed by atoms with Crippen molar-refractivity contribution in [3.63, 3.8) is 0 Å². The first-order valence-electron chi connectivity index (χ1n) is 6.80. The normalized spacial score (nSPS) is 16.5. The summed E-state index contributed by atoms with van der Waals surface area (Å²) in [6, 6.07) is 5.42. The average Bonchev–Trinajstić information content (AvgIpc) is 2.91. The highest BCUT2D eigenvalue weighted by Crippen LogP contribution is 2.24. The molecule has 5 nitrogen and oxygen atoms in total. The number of nitrogens with one attached hydrogen (secondary N) is 1. The molecule has 0 aliphatic carbocycles. The maximum absolute atomic E-state index is 6.06. The van der Waals surface area contributed by atoms with Crippen molar-refractivity contribution in [2.75, 3.05) is 13.1 Å². The number of aromatic nitrogens is 4. The monoisotopic (exact) mass is 312 g/mol. The Morgan fingerprint density at radius 2 is 1.90 bits per heavy atom. The van der Waals surface area contributed by atoms with Crippen LogP contribution >= 0.6 is 23.2 Å². The fourth-order valence-electron chi connectivity index (χ4n) is 2.59. The van der Waals surface area contributed by atoms with Gasteiger partial charge in [-0.15, -0.1) is 5.10 Å². The third-order valence-electron chi connectivity index (χ3n) is 3.65. The van der Waals surface area contributed by atoms with Gasteiger partial charge in [-0.2, -0.15) is 4.68 Å². The number of tetrazole rings is 1. The molecule has 0 atom stereocenters. The van der Waals surface area contributed by atoms with Gasteiger partial charge in [-0.05, 0) is 47.9 Å². The van der Waals surface area contributed by atoms with Crippen LogP contribution in [0.15, 0.2) is 18.2 Å². The van der Waals surface area contributed by atoms with Crippen molar-refractivity contribution in [1.82, 2.24) is 20.2 Å². The summed E-state index contributed by atoms with van der Waals surface area (Å²) in [5, 5.41) is 13.0. The second kappa shape index (κ2) is 6.08. The molecule has 0 bridgehead atoms. The third kappa shape index (κ3) is 2.95. The van der Waals surface area contributed by atoms with Crippen molar-refractivity contribution in [2.45, 2.75) is 25.8 Å². The Labute approximate surface area is 127 Å². The molecule has 20 heavy (non-hydrogen) atoms. The minimum atomic E-state index is 0.510. The molecule has 0 spiro atoms. The maximum Gasteiger partial charge on any atom is 0.210 e. The summed E-state index contributed by atoms with van der Waals surface area (Å²) in [5.41, 5.74) is 0.843. The van der Waals surface area contributed by atoms with Crippen molar-refractivity contribution >= 4 is 23.2 Å². The molecule has 106 valence electrons. The number of rotatable bonds is 3. The van der Waals surface area contributed by atoms with Crippen molar-refractivity contribution in [2.24, 2.45) is 0 Å². The fraction of sp³-hybridized carbons (Fsp3) is 0.462. The van der Waals surface area contributed by atoms with Crippen LogP contribution in [0.25, 0.3) is 5.69 Å². The Hall–Kier alpha value is -1.17. The van der Waals surface area contributed by atoms with E-state index in [9.17, 15) is 0 Å².